The molecule has 5 nitrogen and oxygen atoms in total. The molecule has 37 heavy (non-hydrogen) atoms. The second kappa shape index (κ2) is 14.4. The highest BCUT2D eigenvalue weighted by Crippen LogP contribution is 2.26. The average molecular weight is 502 g/mol. The van der Waals surface area contributed by atoms with Crippen LogP contribution in [-0.2, 0) is 28.9 Å². The summed E-state index contributed by atoms with van der Waals surface area (Å²) in [5.41, 5.74) is 3.77. The first-order valence-corrected chi connectivity index (χ1v) is 13.6. The SMILES string of the molecule is CCOC(=O)N1C[C@H](OCc2ccccc2)C[C@H]1CCOc1ccccc1CCCCc1ccccc1. The molecule has 1 amide bonds. The van der Waals surface area contributed by atoms with E-state index in [0.29, 0.717) is 26.4 Å². The van der Waals surface area contributed by atoms with E-state index in [9.17, 15) is 4.79 Å². The minimum Gasteiger partial charge on any atom is -0.493 e. The first-order chi connectivity index (χ1) is 18.2. The summed E-state index contributed by atoms with van der Waals surface area (Å²) < 4.78 is 17.7. The van der Waals surface area contributed by atoms with Crippen molar-refractivity contribution in [2.75, 3.05) is 19.8 Å². The summed E-state index contributed by atoms with van der Waals surface area (Å²) in [6.45, 7) is 3.85. The lowest BCUT2D eigenvalue weighted by Gasteiger charge is -2.23. The second-order valence-corrected chi connectivity index (χ2v) is 9.60. The van der Waals surface area contributed by atoms with Gasteiger partial charge in [-0.15, -0.1) is 0 Å². The summed E-state index contributed by atoms with van der Waals surface area (Å²) in [6.07, 6.45) is 5.62. The monoisotopic (exact) mass is 501 g/mol. The van der Waals surface area contributed by atoms with Gasteiger partial charge in [-0.2, -0.15) is 0 Å². The molecule has 1 fully saturated rings. The Hall–Kier alpha value is -3.31. The number of aryl methyl sites for hydroxylation is 2. The van der Waals surface area contributed by atoms with Gasteiger partial charge in [-0.3, -0.25) is 0 Å². The van der Waals surface area contributed by atoms with Crippen molar-refractivity contribution >= 4 is 6.09 Å². The summed E-state index contributed by atoms with van der Waals surface area (Å²) in [4.78, 5) is 14.4. The number of carbonyl (C=O) groups excluding carboxylic acids is 1. The Morgan fingerprint density at radius 1 is 0.865 bits per heavy atom. The van der Waals surface area contributed by atoms with Crippen LogP contribution in [0.25, 0.3) is 0 Å². The molecular formula is C32H39NO4. The molecule has 3 aromatic rings. The normalized spacial score (nSPS) is 17.1. The van der Waals surface area contributed by atoms with Gasteiger partial charge in [-0.1, -0.05) is 78.9 Å². The molecule has 1 aliphatic rings. The van der Waals surface area contributed by atoms with Crippen molar-refractivity contribution in [3.05, 3.63) is 102 Å². The maximum Gasteiger partial charge on any atom is 0.410 e. The average Bonchev–Trinajstić information content (AvgIpc) is 3.35. The molecule has 1 aliphatic heterocycles. The molecule has 0 radical (unpaired) electrons. The van der Waals surface area contributed by atoms with Gasteiger partial charge >= 0.3 is 6.09 Å². The number of hydrogen-bond acceptors (Lipinski definition) is 4. The standard InChI is InChI=1S/C32H39NO4/c1-2-35-32(34)33-24-30(37-25-27-16-7-4-8-17-27)23-29(33)21-22-36-31-20-12-11-19-28(31)18-10-9-15-26-13-5-3-6-14-26/h3-8,11-14,16-17,19-20,29-30H,2,9-10,15,18,21-25H2,1H3/t29-,30-/m1/s1. The van der Waals surface area contributed by atoms with Crippen LogP contribution in [0.15, 0.2) is 84.9 Å². The number of para-hydroxylation sites is 1. The molecule has 5 heteroatoms. The van der Waals surface area contributed by atoms with E-state index in [1.54, 1.807) is 0 Å². The molecule has 196 valence electrons. The van der Waals surface area contributed by atoms with Crippen molar-refractivity contribution in [2.45, 2.75) is 64.2 Å². The molecule has 0 saturated carbocycles. The highest BCUT2D eigenvalue weighted by atomic mass is 16.6. The maximum absolute atomic E-state index is 12.6. The lowest BCUT2D eigenvalue weighted by atomic mass is 10.0. The van der Waals surface area contributed by atoms with Gasteiger partial charge in [0.1, 0.15) is 5.75 Å². The molecule has 0 unspecified atom stereocenters. The fraction of sp³-hybridized carbons (Fsp3) is 0.406. The topological polar surface area (TPSA) is 48.0 Å². The largest absolute Gasteiger partial charge is 0.493 e. The molecule has 2 atom stereocenters. The summed E-state index contributed by atoms with van der Waals surface area (Å²) >= 11 is 0. The highest BCUT2D eigenvalue weighted by Gasteiger charge is 2.36. The zero-order valence-corrected chi connectivity index (χ0v) is 21.9. The molecule has 0 spiro atoms. The minimum absolute atomic E-state index is 0.00786. The van der Waals surface area contributed by atoms with Crippen LogP contribution in [0.1, 0.15) is 49.3 Å². The zero-order chi connectivity index (χ0) is 25.7. The molecule has 3 aromatic carbocycles. The number of rotatable bonds is 13. The number of unbranched alkanes of at least 4 members (excludes halogenated alkanes) is 1. The van der Waals surface area contributed by atoms with Crippen LogP contribution in [0.4, 0.5) is 4.79 Å². The summed E-state index contributed by atoms with van der Waals surface area (Å²) in [7, 11) is 0. The predicted molar refractivity (Wildman–Crippen MR) is 147 cm³/mol. The summed E-state index contributed by atoms with van der Waals surface area (Å²) in [6, 6.07) is 29.1. The van der Waals surface area contributed by atoms with Crippen LogP contribution in [0.5, 0.6) is 5.75 Å². The van der Waals surface area contributed by atoms with Crippen LogP contribution >= 0.6 is 0 Å². The van der Waals surface area contributed by atoms with E-state index in [-0.39, 0.29) is 18.2 Å². The van der Waals surface area contributed by atoms with Crippen LogP contribution in [0, 0.1) is 0 Å². The third-order valence-corrected chi connectivity index (χ3v) is 6.89. The molecule has 4 rings (SSSR count). The van der Waals surface area contributed by atoms with Crippen molar-refractivity contribution in [1.29, 1.82) is 0 Å². The number of nitrogens with zero attached hydrogens (tertiary/aromatic N) is 1. The van der Waals surface area contributed by atoms with Crippen LogP contribution in [-0.4, -0.2) is 42.9 Å². The van der Waals surface area contributed by atoms with Gasteiger partial charge in [0.15, 0.2) is 0 Å². The number of carbonyl (C=O) groups is 1. The lowest BCUT2D eigenvalue weighted by Crippen LogP contribution is -2.37. The molecule has 0 N–H and O–H groups in total. The van der Waals surface area contributed by atoms with Crippen molar-refractivity contribution in [3.8, 4) is 5.75 Å². The first kappa shape index (κ1) is 26.7. The quantitative estimate of drug-likeness (QED) is 0.241. The lowest BCUT2D eigenvalue weighted by molar-refractivity contribution is 0.0442. The van der Waals surface area contributed by atoms with Gasteiger partial charge < -0.3 is 19.1 Å². The number of likely N-dealkylation sites (tertiary alicyclic amines) is 1. The highest BCUT2D eigenvalue weighted by molar-refractivity contribution is 5.68. The Morgan fingerprint density at radius 3 is 2.30 bits per heavy atom. The number of hydrogen-bond donors (Lipinski definition) is 0. The third kappa shape index (κ3) is 8.36. The zero-order valence-electron chi connectivity index (χ0n) is 21.9. The van der Waals surface area contributed by atoms with E-state index >= 15 is 0 Å². The molecule has 0 bridgehead atoms. The van der Waals surface area contributed by atoms with Gasteiger partial charge in [-0.05, 0) is 61.8 Å². The van der Waals surface area contributed by atoms with Gasteiger partial charge in [0.2, 0.25) is 0 Å². The van der Waals surface area contributed by atoms with Crippen molar-refractivity contribution in [1.82, 2.24) is 4.90 Å². The Labute approximate surface area is 221 Å². The minimum atomic E-state index is -0.267. The Bertz CT molecular complexity index is 1070. The Kier molecular flexibility index (Phi) is 10.4. The first-order valence-electron chi connectivity index (χ1n) is 13.6. The second-order valence-electron chi connectivity index (χ2n) is 9.60. The van der Waals surface area contributed by atoms with E-state index in [2.05, 4.69) is 60.7 Å². The van der Waals surface area contributed by atoms with Crippen molar-refractivity contribution < 1.29 is 19.0 Å². The molecule has 0 aliphatic carbocycles. The molecule has 1 heterocycles. The van der Waals surface area contributed by atoms with E-state index in [1.165, 1.54) is 11.1 Å². The Morgan fingerprint density at radius 2 is 1.54 bits per heavy atom. The maximum atomic E-state index is 12.6. The number of benzene rings is 3. The fourth-order valence-corrected chi connectivity index (χ4v) is 4.93. The summed E-state index contributed by atoms with van der Waals surface area (Å²) in [5, 5.41) is 0. The summed E-state index contributed by atoms with van der Waals surface area (Å²) in [5.74, 6) is 0.944. The Balaban J connectivity index is 1.26. The van der Waals surface area contributed by atoms with Crippen molar-refractivity contribution in [3.63, 3.8) is 0 Å². The third-order valence-electron chi connectivity index (χ3n) is 6.89. The predicted octanol–water partition coefficient (Wildman–Crippen LogP) is 6.84. The smallest absolute Gasteiger partial charge is 0.410 e. The van der Waals surface area contributed by atoms with Gasteiger partial charge in [0.05, 0.1) is 32.5 Å². The molecular weight excluding hydrogens is 462 g/mol. The van der Waals surface area contributed by atoms with E-state index in [0.717, 1.165) is 49.8 Å². The van der Waals surface area contributed by atoms with E-state index < -0.39 is 0 Å². The fourth-order valence-electron chi connectivity index (χ4n) is 4.93. The van der Waals surface area contributed by atoms with E-state index in [1.807, 2.05) is 36.1 Å². The number of amides is 1. The van der Waals surface area contributed by atoms with Crippen LogP contribution in [0.2, 0.25) is 0 Å². The number of ether oxygens (including phenoxy) is 3. The van der Waals surface area contributed by atoms with Gasteiger partial charge in [-0.25, -0.2) is 4.79 Å². The molecule has 0 aromatic heterocycles. The molecule has 1 saturated heterocycles. The van der Waals surface area contributed by atoms with Crippen molar-refractivity contribution in [2.24, 2.45) is 0 Å². The van der Waals surface area contributed by atoms with Crippen LogP contribution in [0.3, 0.4) is 0 Å². The van der Waals surface area contributed by atoms with E-state index in [4.69, 9.17) is 14.2 Å². The van der Waals surface area contributed by atoms with Gasteiger partial charge in [0.25, 0.3) is 0 Å². The van der Waals surface area contributed by atoms with Gasteiger partial charge in [0, 0.05) is 12.5 Å². The van der Waals surface area contributed by atoms with Crippen LogP contribution < -0.4 is 4.74 Å².